The first-order chi connectivity index (χ1) is 13.7. The van der Waals surface area contributed by atoms with Gasteiger partial charge in [0.2, 0.25) is 15.9 Å². The zero-order valence-electron chi connectivity index (χ0n) is 15.0. The number of halogens is 2. The second-order valence-electron chi connectivity index (χ2n) is 6.50. The van der Waals surface area contributed by atoms with E-state index in [1.165, 1.54) is 12.1 Å². The van der Waals surface area contributed by atoms with Gasteiger partial charge in [-0.05, 0) is 43.2 Å². The van der Waals surface area contributed by atoms with E-state index in [-0.39, 0.29) is 27.8 Å². The second kappa shape index (κ2) is 8.44. The summed E-state index contributed by atoms with van der Waals surface area (Å²) in [5.74, 6) is -1.19. The highest BCUT2D eigenvalue weighted by atomic mass is 35.5. The van der Waals surface area contributed by atoms with E-state index in [9.17, 15) is 27.7 Å². The van der Waals surface area contributed by atoms with Gasteiger partial charge in [0.15, 0.2) is 0 Å². The molecule has 1 fully saturated rings. The lowest BCUT2D eigenvalue weighted by molar-refractivity contribution is -0.384. The number of benzene rings is 2. The van der Waals surface area contributed by atoms with Crippen LogP contribution in [0.15, 0.2) is 47.4 Å². The van der Waals surface area contributed by atoms with E-state index in [1.807, 2.05) is 0 Å². The normalized spacial score (nSPS) is 17.7. The highest BCUT2D eigenvalue weighted by Gasteiger charge is 2.37. The number of non-ortho nitro benzene ring substituents is 1. The van der Waals surface area contributed by atoms with Crippen molar-refractivity contribution in [1.82, 2.24) is 4.31 Å². The smallest absolute Gasteiger partial charge is 0.269 e. The highest BCUT2D eigenvalue weighted by Crippen LogP contribution is 2.28. The summed E-state index contributed by atoms with van der Waals surface area (Å²) in [6.45, 7) is 0.140. The van der Waals surface area contributed by atoms with Crippen molar-refractivity contribution in [2.75, 3.05) is 11.9 Å². The highest BCUT2D eigenvalue weighted by molar-refractivity contribution is 7.89. The fourth-order valence-electron chi connectivity index (χ4n) is 3.13. The van der Waals surface area contributed by atoms with Crippen molar-refractivity contribution in [2.24, 2.45) is 0 Å². The zero-order chi connectivity index (χ0) is 21.2. The first-order valence-corrected chi connectivity index (χ1v) is 10.5. The van der Waals surface area contributed by atoms with Gasteiger partial charge in [-0.3, -0.25) is 14.9 Å². The van der Waals surface area contributed by atoms with Crippen LogP contribution in [0.4, 0.5) is 15.8 Å². The van der Waals surface area contributed by atoms with Crippen LogP contribution in [-0.4, -0.2) is 36.1 Å². The SMILES string of the molecule is O=C(Nc1ccc(F)c(Cl)c1)C1CCCCN1S(=O)(=O)c1ccc([N+](=O)[O-])cc1. The Morgan fingerprint density at radius 1 is 1.21 bits per heavy atom. The predicted molar refractivity (Wildman–Crippen MR) is 105 cm³/mol. The number of nitrogens with one attached hydrogen (secondary N) is 1. The number of nitrogens with zero attached hydrogens (tertiary/aromatic N) is 2. The third-order valence-electron chi connectivity index (χ3n) is 4.60. The number of rotatable bonds is 5. The Balaban J connectivity index is 1.85. The molecular formula is C18H17ClFN3O5S. The van der Waals surface area contributed by atoms with Gasteiger partial charge in [0.05, 0.1) is 14.8 Å². The molecule has 2 aromatic carbocycles. The fraction of sp³-hybridized carbons (Fsp3) is 0.278. The summed E-state index contributed by atoms with van der Waals surface area (Å²) in [6, 6.07) is 7.22. The van der Waals surface area contributed by atoms with Crippen molar-refractivity contribution in [3.8, 4) is 0 Å². The lowest BCUT2D eigenvalue weighted by Crippen LogP contribution is -2.49. The molecule has 0 radical (unpaired) electrons. The minimum atomic E-state index is -4.04. The number of nitro groups is 1. The first kappa shape index (κ1) is 21.2. The Hall–Kier alpha value is -2.56. The molecule has 11 heteroatoms. The maximum atomic E-state index is 13.3. The lowest BCUT2D eigenvalue weighted by Gasteiger charge is -2.33. The van der Waals surface area contributed by atoms with Gasteiger partial charge in [0.1, 0.15) is 11.9 Å². The monoisotopic (exact) mass is 441 g/mol. The Labute approximate surface area is 171 Å². The first-order valence-electron chi connectivity index (χ1n) is 8.72. The van der Waals surface area contributed by atoms with E-state index in [0.29, 0.717) is 19.3 Å². The number of amides is 1. The van der Waals surface area contributed by atoms with Gasteiger partial charge < -0.3 is 5.32 Å². The summed E-state index contributed by atoms with van der Waals surface area (Å²) < 4.78 is 40.5. The number of anilines is 1. The standard InChI is InChI=1S/C18H17ClFN3O5S/c19-15-11-12(4-9-16(15)20)21-18(24)17-3-1-2-10-22(17)29(27,28)14-7-5-13(6-8-14)23(25)26/h4-9,11,17H,1-3,10H2,(H,21,24). The van der Waals surface area contributed by atoms with Crippen LogP contribution in [0, 0.1) is 15.9 Å². The molecule has 1 aliphatic heterocycles. The van der Waals surface area contributed by atoms with Gasteiger partial charge in [-0.25, -0.2) is 12.8 Å². The van der Waals surface area contributed by atoms with Crippen LogP contribution in [0.25, 0.3) is 0 Å². The van der Waals surface area contributed by atoms with E-state index in [2.05, 4.69) is 5.32 Å². The van der Waals surface area contributed by atoms with Crippen LogP contribution in [0.1, 0.15) is 19.3 Å². The summed E-state index contributed by atoms with van der Waals surface area (Å²) in [5, 5.41) is 13.2. The molecule has 154 valence electrons. The van der Waals surface area contributed by atoms with Gasteiger partial charge in [-0.2, -0.15) is 4.31 Å². The molecule has 0 bridgehead atoms. The predicted octanol–water partition coefficient (Wildman–Crippen LogP) is 3.57. The molecule has 1 amide bonds. The number of nitro benzene ring substituents is 1. The molecule has 1 saturated heterocycles. The fourth-order valence-corrected chi connectivity index (χ4v) is 4.97. The Morgan fingerprint density at radius 2 is 1.90 bits per heavy atom. The third-order valence-corrected chi connectivity index (χ3v) is 6.81. The van der Waals surface area contributed by atoms with Crippen molar-refractivity contribution in [3.63, 3.8) is 0 Å². The van der Waals surface area contributed by atoms with E-state index >= 15 is 0 Å². The van der Waals surface area contributed by atoms with E-state index in [1.54, 1.807) is 0 Å². The summed E-state index contributed by atoms with van der Waals surface area (Å²) in [4.78, 5) is 22.8. The molecule has 0 spiro atoms. The van der Waals surface area contributed by atoms with Crippen molar-refractivity contribution in [2.45, 2.75) is 30.2 Å². The molecule has 8 nitrogen and oxygen atoms in total. The van der Waals surface area contributed by atoms with Gasteiger partial charge in [-0.1, -0.05) is 18.0 Å². The zero-order valence-corrected chi connectivity index (χ0v) is 16.6. The lowest BCUT2D eigenvalue weighted by atomic mass is 10.0. The number of sulfonamides is 1. The van der Waals surface area contributed by atoms with Crippen LogP contribution < -0.4 is 5.32 Å². The van der Waals surface area contributed by atoms with Crippen molar-refractivity contribution in [3.05, 3.63) is 63.4 Å². The van der Waals surface area contributed by atoms with E-state index in [0.717, 1.165) is 34.6 Å². The molecule has 2 aromatic rings. The van der Waals surface area contributed by atoms with Gasteiger partial charge in [-0.15, -0.1) is 0 Å². The Bertz CT molecular complexity index is 1050. The van der Waals surface area contributed by atoms with E-state index < -0.39 is 32.7 Å². The maximum Gasteiger partial charge on any atom is 0.269 e. The minimum absolute atomic E-state index is 0.132. The van der Waals surface area contributed by atoms with Crippen LogP contribution >= 0.6 is 11.6 Å². The molecule has 1 heterocycles. The Kier molecular flexibility index (Phi) is 6.15. The molecule has 1 unspecified atom stereocenters. The summed E-state index contributed by atoms with van der Waals surface area (Å²) >= 11 is 5.72. The molecule has 0 aromatic heterocycles. The molecule has 0 saturated carbocycles. The summed E-state index contributed by atoms with van der Waals surface area (Å²) in [5.41, 5.74) is 0.0183. The average molecular weight is 442 g/mol. The minimum Gasteiger partial charge on any atom is -0.325 e. The third kappa shape index (κ3) is 4.55. The van der Waals surface area contributed by atoms with Crippen molar-refractivity contribution >= 4 is 38.9 Å². The van der Waals surface area contributed by atoms with Crippen molar-refractivity contribution in [1.29, 1.82) is 0 Å². The van der Waals surface area contributed by atoms with Crippen LogP contribution in [0.5, 0.6) is 0 Å². The van der Waals surface area contributed by atoms with E-state index in [4.69, 9.17) is 11.6 Å². The summed E-state index contributed by atoms with van der Waals surface area (Å²) in [6.07, 6.45) is 1.56. The number of carbonyl (C=O) groups excluding carboxylic acids is 1. The number of hydrogen-bond acceptors (Lipinski definition) is 5. The van der Waals surface area contributed by atoms with Crippen molar-refractivity contribution < 1.29 is 22.5 Å². The topological polar surface area (TPSA) is 110 Å². The molecule has 1 N–H and O–H groups in total. The number of hydrogen-bond donors (Lipinski definition) is 1. The second-order valence-corrected chi connectivity index (χ2v) is 8.79. The summed E-state index contributed by atoms with van der Waals surface area (Å²) in [7, 11) is -4.04. The van der Waals surface area contributed by atoms with Crippen LogP contribution in [-0.2, 0) is 14.8 Å². The van der Waals surface area contributed by atoms with Gasteiger partial charge in [0.25, 0.3) is 5.69 Å². The molecule has 3 rings (SSSR count). The quantitative estimate of drug-likeness (QED) is 0.563. The largest absolute Gasteiger partial charge is 0.325 e. The molecule has 1 aliphatic rings. The number of piperidine rings is 1. The van der Waals surface area contributed by atoms with Crippen LogP contribution in [0.2, 0.25) is 5.02 Å². The Morgan fingerprint density at radius 3 is 2.52 bits per heavy atom. The molecule has 0 aliphatic carbocycles. The molecular weight excluding hydrogens is 425 g/mol. The van der Waals surface area contributed by atoms with Gasteiger partial charge in [0, 0.05) is 24.4 Å². The molecule has 1 atom stereocenters. The molecule has 29 heavy (non-hydrogen) atoms. The van der Waals surface area contributed by atoms with Gasteiger partial charge >= 0.3 is 0 Å². The maximum absolute atomic E-state index is 13.3. The average Bonchev–Trinajstić information content (AvgIpc) is 2.70. The van der Waals surface area contributed by atoms with Crippen LogP contribution in [0.3, 0.4) is 0 Å². The number of carbonyl (C=O) groups is 1.